The molecule has 0 aliphatic heterocycles. The van der Waals surface area contributed by atoms with Crippen molar-refractivity contribution in [2.45, 2.75) is 27.3 Å². The van der Waals surface area contributed by atoms with Crippen molar-refractivity contribution in [1.29, 1.82) is 0 Å². The standard InChI is InChI=1S/C13H20N2O2/c1-4-15(8-10(2)13(16)17)9-12-7-5-6-11(3)14-12/h5-7,10H,4,8-9H2,1-3H3,(H,16,17). The minimum Gasteiger partial charge on any atom is -0.481 e. The van der Waals surface area contributed by atoms with Crippen LogP contribution in [0.1, 0.15) is 25.2 Å². The Bertz CT molecular complexity index is 379. The lowest BCUT2D eigenvalue weighted by Gasteiger charge is -2.22. The highest BCUT2D eigenvalue weighted by molar-refractivity contribution is 5.69. The van der Waals surface area contributed by atoms with Gasteiger partial charge in [0.25, 0.3) is 0 Å². The van der Waals surface area contributed by atoms with E-state index < -0.39 is 5.97 Å². The van der Waals surface area contributed by atoms with E-state index in [2.05, 4.69) is 9.88 Å². The predicted molar refractivity (Wildman–Crippen MR) is 66.7 cm³/mol. The zero-order valence-corrected chi connectivity index (χ0v) is 10.7. The fourth-order valence-electron chi connectivity index (χ4n) is 1.69. The van der Waals surface area contributed by atoms with Crippen molar-refractivity contribution in [3.63, 3.8) is 0 Å². The lowest BCUT2D eigenvalue weighted by Crippen LogP contribution is -2.31. The molecule has 0 amide bonds. The third-order valence-electron chi connectivity index (χ3n) is 2.73. The molecule has 94 valence electrons. The van der Waals surface area contributed by atoms with Gasteiger partial charge in [0, 0.05) is 18.8 Å². The molecule has 0 aromatic carbocycles. The molecule has 0 spiro atoms. The van der Waals surface area contributed by atoms with Gasteiger partial charge < -0.3 is 5.11 Å². The van der Waals surface area contributed by atoms with Crippen LogP contribution >= 0.6 is 0 Å². The summed E-state index contributed by atoms with van der Waals surface area (Å²) in [5, 5.41) is 8.89. The highest BCUT2D eigenvalue weighted by Gasteiger charge is 2.15. The van der Waals surface area contributed by atoms with Crippen LogP contribution in [0.5, 0.6) is 0 Å². The van der Waals surface area contributed by atoms with E-state index in [0.29, 0.717) is 13.1 Å². The van der Waals surface area contributed by atoms with E-state index >= 15 is 0 Å². The second-order valence-corrected chi connectivity index (χ2v) is 4.34. The molecule has 0 saturated heterocycles. The van der Waals surface area contributed by atoms with Crippen molar-refractivity contribution in [2.24, 2.45) is 5.92 Å². The molecular formula is C13H20N2O2. The maximum Gasteiger partial charge on any atom is 0.307 e. The lowest BCUT2D eigenvalue weighted by atomic mass is 10.1. The van der Waals surface area contributed by atoms with Crippen molar-refractivity contribution < 1.29 is 9.90 Å². The molecule has 1 atom stereocenters. The largest absolute Gasteiger partial charge is 0.481 e. The molecule has 1 aromatic rings. The SMILES string of the molecule is CCN(Cc1cccc(C)n1)CC(C)C(=O)O. The minimum absolute atomic E-state index is 0.347. The molecule has 1 aromatic heterocycles. The van der Waals surface area contributed by atoms with Crippen LogP contribution in [-0.2, 0) is 11.3 Å². The van der Waals surface area contributed by atoms with E-state index in [0.717, 1.165) is 17.9 Å². The molecule has 0 aliphatic carbocycles. The molecule has 4 nitrogen and oxygen atoms in total. The number of carbonyl (C=O) groups is 1. The topological polar surface area (TPSA) is 53.4 Å². The summed E-state index contributed by atoms with van der Waals surface area (Å²) in [5.74, 6) is -1.10. The molecule has 4 heteroatoms. The molecule has 1 rings (SSSR count). The minimum atomic E-state index is -0.749. The second-order valence-electron chi connectivity index (χ2n) is 4.34. The maximum absolute atomic E-state index is 10.8. The number of nitrogens with zero attached hydrogens (tertiary/aromatic N) is 2. The quantitative estimate of drug-likeness (QED) is 0.820. The monoisotopic (exact) mass is 236 g/mol. The average molecular weight is 236 g/mol. The molecule has 0 saturated carbocycles. The summed E-state index contributed by atoms with van der Waals surface area (Å²) in [5.41, 5.74) is 1.98. The summed E-state index contributed by atoms with van der Waals surface area (Å²) in [7, 11) is 0. The fraction of sp³-hybridized carbons (Fsp3) is 0.538. The van der Waals surface area contributed by atoms with E-state index in [1.807, 2.05) is 32.0 Å². The van der Waals surface area contributed by atoms with E-state index in [1.165, 1.54) is 0 Å². The van der Waals surface area contributed by atoms with Crippen LogP contribution in [0.3, 0.4) is 0 Å². The summed E-state index contributed by atoms with van der Waals surface area (Å²) in [6.45, 7) is 7.81. The number of hydrogen-bond acceptors (Lipinski definition) is 3. The van der Waals surface area contributed by atoms with Gasteiger partial charge in [0.2, 0.25) is 0 Å². The van der Waals surface area contributed by atoms with Crippen molar-refractivity contribution in [3.8, 4) is 0 Å². The Balaban J connectivity index is 2.61. The maximum atomic E-state index is 10.8. The zero-order valence-electron chi connectivity index (χ0n) is 10.7. The lowest BCUT2D eigenvalue weighted by molar-refractivity contribution is -0.141. The molecule has 0 bridgehead atoms. The number of carboxylic acid groups (broad SMARTS) is 1. The van der Waals surface area contributed by atoms with Gasteiger partial charge >= 0.3 is 5.97 Å². The molecule has 1 N–H and O–H groups in total. The van der Waals surface area contributed by atoms with Crippen LogP contribution in [0.25, 0.3) is 0 Å². The number of aryl methyl sites for hydroxylation is 1. The third-order valence-corrected chi connectivity index (χ3v) is 2.73. The van der Waals surface area contributed by atoms with Gasteiger partial charge in [-0.1, -0.05) is 19.9 Å². The number of aliphatic carboxylic acids is 1. The predicted octanol–water partition coefficient (Wildman–Crippen LogP) is 1.93. The second kappa shape index (κ2) is 6.35. The van der Waals surface area contributed by atoms with Crippen molar-refractivity contribution in [2.75, 3.05) is 13.1 Å². The Kier molecular flexibility index (Phi) is 5.10. The van der Waals surface area contributed by atoms with Gasteiger partial charge in [-0.25, -0.2) is 0 Å². The molecule has 0 fully saturated rings. The van der Waals surface area contributed by atoms with Crippen LogP contribution in [0.4, 0.5) is 0 Å². The van der Waals surface area contributed by atoms with Gasteiger partial charge in [-0.2, -0.15) is 0 Å². The van der Waals surface area contributed by atoms with Crippen LogP contribution in [0.2, 0.25) is 0 Å². The van der Waals surface area contributed by atoms with Crippen LogP contribution < -0.4 is 0 Å². The normalized spacial score (nSPS) is 12.7. The number of carboxylic acids is 1. The Morgan fingerprint density at radius 3 is 2.76 bits per heavy atom. The van der Waals surface area contributed by atoms with Gasteiger partial charge in [-0.05, 0) is 25.6 Å². The molecule has 1 unspecified atom stereocenters. The molecule has 0 radical (unpaired) electrons. The summed E-state index contributed by atoms with van der Waals surface area (Å²) in [4.78, 5) is 17.3. The highest BCUT2D eigenvalue weighted by Crippen LogP contribution is 2.06. The van der Waals surface area contributed by atoms with Crippen LogP contribution in [0.15, 0.2) is 18.2 Å². The van der Waals surface area contributed by atoms with Crippen LogP contribution in [-0.4, -0.2) is 34.0 Å². The number of rotatable bonds is 6. The highest BCUT2D eigenvalue weighted by atomic mass is 16.4. The summed E-state index contributed by atoms with van der Waals surface area (Å²) >= 11 is 0. The smallest absolute Gasteiger partial charge is 0.307 e. The first-order valence-electron chi connectivity index (χ1n) is 5.90. The summed E-state index contributed by atoms with van der Waals surface area (Å²) in [6.07, 6.45) is 0. The molecule has 0 aliphatic rings. The van der Waals surface area contributed by atoms with E-state index in [9.17, 15) is 4.79 Å². The number of pyridine rings is 1. The van der Waals surface area contributed by atoms with Gasteiger partial charge in [0.05, 0.1) is 11.6 Å². The van der Waals surface area contributed by atoms with E-state index in [4.69, 9.17) is 5.11 Å². The molecule has 17 heavy (non-hydrogen) atoms. The van der Waals surface area contributed by atoms with Crippen molar-refractivity contribution >= 4 is 5.97 Å². The summed E-state index contributed by atoms with van der Waals surface area (Å²) < 4.78 is 0. The Hall–Kier alpha value is -1.42. The fourth-order valence-corrected chi connectivity index (χ4v) is 1.69. The number of hydrogen-bond donors (Lipinski definition) is 1. The van der Waals surface area contributed by atoms with Crippen molar-refractivity contribution in [3.05, 3.63) is 29.6 Å². The first kappa shape index (κ1) is 13.6. The average Bonchev–Trinajstić information content (AvgIpc) is 2.27. The van der Waals surface area contributed by atoms with E-state index in [-0.39, 0.29) is 5.92 Å². The number of aromatic nitrogens is 1. The Morgan fingerprint density at radius 1 is 1.53 bits per heavy atom. The first-order chi connectivity index (χ1) is 8.02. The van der Waals surface area contributed by atoms with E-state index in [1.54, 1.807) is 6.92 Å². The Morgan fingerprint density at radius 2 is 2.24 bits per heavy atom. The molecular weight excluding hydrogens is 216 g/mol. The first-order valence-corrected chi connectivity index (χ1v) is 5.90. The van der Waals surface area contributed by atoms with Crippen molar-refractivity contribution in [1.82, 2.24) is 9.88 Å². The zero-order chi connectivity index (χ0) is 12.8. The summed E-state index contributed by atoms with van der Waals surface area (Å²) in [6, 6.07) is 5.91. The van der Waals surface area contributed by atoms with Gasteiger partial charge in [0.15, 0.2) is 0 Å². The Labute approximate surface area is 102 Å². The molecule has 1 heterocycles. The van der Waals surface area contributed by atoms with Gasteiger partial charge in [-0.15, -0.1) is 0 Å². The third kappa shape index (κ3) is 4.53. The van der Waals surface area contributed by atoms with Gasteiger partial charge in [-0.3, -0.25) is 14.7 Å². The van der Waals surface area contributed by atoms with Gasteiger partial charge in [0.1, 0.15) is 0 Å². The van der Waals surface area contributed by atoms with Crippen LogP contribution in [0, 0.1) is 12.8 Å².